The normalized spacial score (nSPS) is 11.9. The number of benzene rings is 6. The summed E-state index contributed by atoms with van der Waals surface area (Å²) in [6.07, 6.45) is 7.55. The van der Waals surface area contributed by atoms with E-state index in [2.05, 4.69) is 170 Å². The number of hydrogen-bond donors (Lipinski definition) is 0. The maximum Gasteiger partial charge on any atom is 0.135 e. The molecule has 1 heterocycles. The van der Waals surface area contributed by atoms with Crippen molar-refractivity contribution in [1.82, 2.24) is 0 Å². The highest BCUT2D eigenvalue weighted by molar-refractivity contribution is 6.06. The van der Waals surface area contributed by atoms with Gasteiger partial charge in [-0.05, 0) is 101 Å². The van der Waals surface area contributed by atoms with Gasteiger partial charge in [0.2, 0.25) is 0 Å². The SMILES string of the molecule is C/C=C\C(=C/CC)c1ccc(N(c2ccc(-c3cccc(-c4ccccc4)c3)cc2)c2ccc3oc4ccccc4c3c2)cc1. The molecule has 0 aliphatic carbocycles. The van der Waals surface area contributed by atoms with Crippen LogP contribution < -0.4 is 4.90 Å². The van der Waals surface area contributed by atoms with Crippen LogP contribution in [0.4, 0.5) is 17.1 Å². The predicted molar refractivity (Wildman–Crippen MR) is 192 cm³/mol. The minimum Gasteiger partial charge on any atom is -0.456 e. The first-order chi connectivity index (χ1) is 22.2. The summed E-state index contributed by atoms with van der Waals surface area (Å²) in [5.41, 5.74) is 12.3. The van der Waals surface area contributed by atoms with Crippen LogP contribution in [-0.4, -0.2) is 0 Å². The Morgan fingerprint density at radius 1 is 0.556 bits per heavy atom. The fourth-order valence-corrected chi connectivity index (χ4v) is 6.10. The van der Waals surface area contributed by atoms with Crippen molar-refractivity contribution in [2.24, 2.45) is 0 Å². The van der Waals surface area contributed by atoms with Gasteiger partial charge in [0.25, 0.3) is 0 Å². The van der Waals surface area contributed by atoms with E-state index < -0.39 is 0 Å². The maximum absolute atomic E-state index is 6.16. The Morgan fingerprint density at radius 2 is 1.16 bits per heavy atom. The zero-order valence-electron chi connectivity index (χ0n) is 25.7. The van der Waals surface area contributed by atoms with Gasteiger partial charge in [-0.3, -0.25) is 0 Å². The van der Waals surface area contributed by atoms with Crippen LogP contribution in [0.2, 0.25) is 0 Å². The summed E-state index contributed by atoms with van der Waals surface area (Å²) in [5, 5.41) is 2.24. The van der Waals surface area contributed by atoms with E-state index in [0.29, 0.717) is 0 Å². The molecule has 0 spiro atoms. The van der Waals surface area contributed by atoms with E-state index in [0.717, 1.165) is 45.4 Å². The summed E-state index contributed by atoms with van der Waals surface area (Å²) in [7, 11) is 0. The molecule has 0 atom stereocenters. The molecule has 0 radical (unpaired) electrons. The van der Waals surface area contributed by atoms with Crippen molar-refractivity contribution in [1.29, 1.82) is 0 Å². The highest BCUT2D eigenvalue weighted by atomic mass is 16.3. The predicted octanol–water partition coefficient (Wildman–Crippen LogP) is 12.8. The molecule has 0 bridgehead atoms. The third-order valence-electron chi connectivity index (χ3n) is 8.28. The molecular formula is C43H35NO. The van der Waals surface area contributed by atoms with Gasteiger partial charge in [-0.25, -0.2) is 0 Å². The topological polar surface area (TPSA) is 16.4 Å². The molecule has 0 saturated carbocycles. The molecule has 1 aromatic heterocycles. The highest BCUT2D eigenvalue weighted by Crippen LogP contribution is 2.40. The van der Waals surface area contributed by atoms with Crippen molar-refractivity contribution in [3.8, 4) is 22.3 Å². The van der Waals surface area contributed by atoms with E-state index in [1.165, 1.54) is 33.4 Å². The lowest BCUT2D eigenvalue weighted by molar-refractivity contribution is 0.669. The molecular weight excluding hydrogens is 546 g/mol. The fraction of sp³-hybridized carbons (Fsp3) is 0.0698. The molecule has 7 rings (SSSR count). The van der Waals surface area contributed by atoms with Gasteiger partial charge in [-0.2, -0.15) is 0 Å². The van der Waals surface area contributed by atoms with Crippen molar-refractivity contribution < 1.29 is 4.42 Å². The van der Waals surface area contributed by atoms with Gasteiger partial charge in [-0.1, -0.05) is 116 Å². The van der Waals surface area contributed by atoms with Crippen molar-refractivity contribution in [2.45, 2.75) is 20.3 Å². The van der Waals surface area contributed by atoms with Crippen LogP contribution in [0.3, 0.4) is 0 Å². The number of fused-ring (bicyclic) bond motifs is 3. The minimum atomic E-state index is 0.893. The second-order valence-corrected chi connectivity index (χ2v) is 11.2. The quantitative estimate of drug-likeness (QED) is 0.166. The van der Waals surface area contributed by atoms with Gasteiger partial charge in [-0.15, -0.1) is 0 Å². The molecule has 7 aromatic rings. The van der Waals surface area contributed by atoms with E-state index in [1.54, 1.807) is 0 Å². The third-order valence-corrected chi connectivity index (χ3v) is 8.28. The van der Waals surface area contributed by atoms with Gasteiger partial charge in [0, 0.05) is 27.8 Å². The molecule has 0 amide bonds. The molecule has 0 aliphatic rings. The Labute approximate surface area is 265 Å². The van der Waals surface area contributed by atoms with E-state index in [1.807, 2.05) is 12.1 Å². The van der Waals surface area contributed by atoms with Crippen molar-refractivity contribution in [2.75, 3.05) is 4.90 Å². The second-order valence-electron chi connectivity index (χ2n) is 11.2. The minimum absolute atomic E-state index is 0.893. The number of anilines is 3. The fourth-order valence-electron chi connectivity index (χ4n) is 6.10. The summed E-state index contributed by atoms with van der Waals surface area (Å²) >= 11 is 0. The van der Waals surface area contributed by atoms with Crippen LogP contribution in [0.15, 0.2) is 168 Å². The van der Waals surface area contributed by atoms with Crippen LogP contribution in [0.25, 0.3) is 49.8 Å². The van der Waals surface area contributed by atoms with Crippen LogP contribution in [0.1, 0.15) is 25.8 Å². The van der Waals surface area contributed by atoms with Gasteiger partial charge in [0.15, 0.2) is 0 Å². The maximum atomic E-state index is 6.16. The van der Waals surface area contributed by atoms with Gasteiger partial charge >= 0.3 is 0 Å². The van der Waals surface area contributed by atoms with Crippen molar-refractivity contribution >= 4 is 44.6 Å². The van der Waals surface area contributed by atoms with Crippen molar-refractivity contribution in [3.63, 3.8) is 0 Å². The van der Waals surface area contributed by atoms with Crippen LogP contribution in [-0.2, 0) is 0 Å². The standard InChI is InChI=1S/C43H35NO/c1-3-11-31(12-4-2)33-19-23-37(24-20-33)44(39-27-28-43-41(30-39)40-17-8-9-18-42(40)45-43)38-25-21-34(22-26-38)36-16-10-15-35(29-36)32-13-6-5-7-14-32/h3,5-30H,4H2,1-2H3/b11-3-,31-12+. The number of hydrogen-bond acceptors (Lipinski definition) is 2. The lowest BCUT2D eigenvalue weighted by Gasteiger charge is -2.26. The summed E-state index contributed by atoms with van der Waals surface area (Å²) in [5.74, 6) is 0. The number of rotatable bonds is 8. The third kappa shape index (κ3) is 5.71. The Morgan fingerprint density at radius 3 is 1.87 bits per heavy atom. The first-order valence-electron chi connectivity index (χ1n) is 15.6. The number of nitrogens with zero attached hydrogens (tertiary/aromatic N) is 1. The van der Waals surface area contributed by atoms with Crippen LogP contribution in [0.5, 0.6) is 0 Å². The summed E-state index contributed by atoms with van der Waals surface area (Å²) in [4.78, 5) is 2.33. The summed E-state index contributed by atoms with van der Waals surface area (Å²) < 4.78 is 6.16. The number of para-hydroxylation sites is 1. The molecule has 0 saturated heterocycles. The molecule has 0 N–H and O–H groups in total. The Balaban J connectivity index is 1.31. The molecule has 218 valence electrons. The molecule has 6 aromatic carbocycles. The Hall–Kier alpha value is -5.60. The van der Waals surface area contributed by atoms with E-state index in [4.69, 9.17) is 4.42 Å². The van der Waals surface area contributed by atoms with Gasteiger partial charge in [0.1, 0.15) is 11.2 Å². The smallest absolute Gasteiger partial charge is 0.135 e. The van der Waals surface area contributed by atoms with E-state index >= 15 is 0 Å². The Bertz CT molecular complexity index is 2130. The number of furan rings is 1. The summed E-state index contributed by atoms with van der Waals surface area (Å²) in [6.45, 7) is 4.24. The molecule has 45 heavy (non-hydrogen) atoms. The largest absolute Gasteiger partial charge is 0.456 e. The highest BCUT2D eigenvalue weighted by Gasteiger charge is 2.16. The zero-order valence-corrected chi connectivity index (χ0v) is 25.7. The average Bonchev–Trinajstić information content (AvgIpc) is 3.48. The van der Waals surface area contributed by atoms with Crippen molar-refractivity contribution in [3.05, 3.63) is 169 Å². The van der Waals surface area contributed by atoms with Gasteiger partial charge in [0.05, 0.1) is 0 Å². The first-order valence-corrected chi connectivity index (χ1v) is 15.6. The van der Waals surface area contributed by atoms with Crippen LogP contribution >= 0.6 is 0 Å². The molecule has 2 nitrogen and oxygen atoms in total. The molecule has 0 unspecified atom stereocenters. The van der Waals surface area contributed by atoms with Gasteiger partial charge < -0.3 is 9.32 Å². The first kappa shape index (κ1) is 28.2. The second kappa shape index (κ2) is 12.6. The molecule has 2 heteroatoms. The molecule has 0 aliphatic heterocycles. The van der Waals surface area contributed by atoms with E-state index in [9.17, 15) is 0 Å². The number of allylic oxidation sites excluding steroid dienone is 4. The lowest BCUT2D eigenvalue weighted by Crippen LogP contribution is -2.09. The van der Waals surface area contributed by atoms with Crippen LogP contribution in [0, 0.1) is 0 Å². The molecule has 0 fully saturated rings. The Kier molecular flexibility index (Phi) is 7.87. The zero-order chi connectivity index (χ0) is 30.6. The monoisotopic (exact) mass is 581 g/mol. The van der Waals surface area contributed by atoms with E-state index in [-0.39, 0.29) is 0 Å². The summed E-state index contributed by atoms with van der Waals surface area (Å²) in [6, 6.07) is 51.8. The average molecular weight is 582 g/mol. The lowest BCUT2D eigenvalue weighted by atomic mass is 9.99.